The van der Waals surface area contributed by atoms with Crippen LogP contribution in [0.25, 0.3) is 0 Å². The molecule has 1 heterocycles. The Labute approximate surface area is 109 Å². The van der Waals surface area contributed by atoms with E-state index < -0.39 is 0 Å². The molecule has 0 aromatic heterocycles. The van der Waals surface area contributed by atoms with Gasteiger partial charge in [-0.25, -0.2) is 4.79 Å². The number of hydrogen-bond donors (Lipinski definition) is 0. The van der Waals surface area contributed by atoms with E-state index in [1.807, 2.05) is 12.1 Å². The number of ether oxygens (including phenoxy) is 1. The zero-order valence-electron chi connectivity index (χ0n) is 11.2. The predicted molar refractivity (Wildman–Crippen MR) is 71.9 cm³/mol. The SMILES string of the molecule is CCCN1CCc2ccc(C(=O)OC)cc2CC1. The van der Waals surface area contributed by atoms with E-state index in [9.17, 15) is 4.79 Å². The summed E-state index contributed by atoms with van der Waals surface area (Å²) in [7, 11) is 1.43. The molecule has 0 radical (unpaired) electrons. The number of fused-ring (bicyclic) bond motifs is 1. The van der Waals surface area contributed by atoms with Crippen molar-refractivity contribution in [2.24, 2.45) is 0 Å². The van der Waals surface area contributed by atoms with Crippen molar-refractivity contribution in [3.05, 3.63) is 34.9 Å². The maximum absolute atomic E-state index is 11.5. The third kappa shape index (κ3) is 2.91. The average Bonchev–Trinajstić information content (AvgIpc) is 2.60. The first-order valence-corrected chi connectivity index (χ1v) is 6.67. The van der Waals surface area contributed by atoms with Gasteiger partial charge in [0.05, 0.1) is 12.7 Å². The topological polar surface area (TPSA) is 29.5 Å². The summed E-state index contributed by atoms with van der Waals surface area (Å²) in [6.07, 6.45) is 3.31. The minimum absolute atomic E-state index is 0.243. The van der Waals surface area contributed by atoms with Crippen LogP contribution >= 0.6 is 0 Å². The second-order valence-electron chi connectivity index (χ2n) is 4.82. The Morgan fingerprint density at radius 2 is 2.00 bits per heavy atom. The Hall–Kier alpha value is -1.35. The van der Waals surface area contributed by atoms with Gasteiger partial charge < -0.3 is 9.64 Å². The zero-order chi connectivity index (χ0) is 13.0. The lowest BCUT2D eigenvalue weighted by molar-refractivity contribution is 0.0600. The summed E-state index contributed by atoms with van der Waals surface area (Å²) >= 11 is 0. The zero-order valence-corrected chi connectivity index (χ0v) is 11.2. The van der Waals surface area contributed by atoms with E-state index >= 15 is 0 Å². The summed E-state index contributed by atoms with van der Waals surface area (Å²) in [6, 6.07) is 5.95. The van der Waals surface area contributed by atoms with Crippen LogP contribution in [-0.4, -0.2) is 37.6 Å². The van der Waals surface area contributed by atoms with Crippen LogP contribution in [0.2, 0.25) is 0 Å². The van der Waals surface area contributed by atoms with Crippen LogP contribution in [0.15, 0.2) is 18.2 Å². The Balaban J connectivity index is 2.15. The average molecular weight is 247 g/mol. The van der Waals surface area contributed by atoms with Crippen LogP contribution in [0.1, 0.15) is 34.8 Å². The van der Waals surface area contributed by atoms with Crippen LogP contribution in [0, 0.1) is 0 Å². The van der Waals surface area contributed by atoms with E-state index in [1.165, 1.54) is 24.7 Å². The molecular formula is C15H21NO2. The molecule has 0 amide bonds. The summed E-state index contributed by atoms with van der Waals surface area (Å²) in [5.41, 5.74) is 3.35. The fourth-order valence-electron chi connectivity index (χ4n) is 2.56. The first kappa shape index (κ1) is 13.1. The molecule has 0 spiro atoms. The predicted octanol–water partition coefficient (Wildman–Crippen LogP) is 2.28. The highest BCUT2D eigenvalue weighted by Gasteiger charge is 2.15. The van der Waals surface area contributed by atoms with Crippen LogP contribution in [0.4, 0.5) is 0 Å². The van der Waals surface area contributed by atoms with E-state index in [0.29, 0.717) is 5.56 Å². The van der Waals surface area contributed by atoms with Crippen molar-refractivity contribution >= 4 is 5.97 Å². The first-order chi connectivity index (χ1) is 8.74. The van der Waals surface area contributed by atoms with Gasteiger partial charge in [-0.15, -0.1) is 0 Å². The number of benzene rings is 1. The van der Waals surface area contributed by atoms with Gasteiger partial charge in [-0.1, -0.05) is 13.0 Å². The molecule has 1 aromatic carbocycles. The number of carbonyl (C=O) groups excluding carboxylic acids is 1. The second-order valence-corrected chi connectivity index (χ2v) is 4.82. The van der Waals surface area contributed by atoms with Gasteiger partial charge in [0.15, 0.2) is 0 Å². The molecule has 0 aliphatic carbocycles. The summed E-state index contributed by atoms with van der Waals surface area (Å²) in [6.45, 7) is 5.59. The lowest BCUT2D eigenvalue weighted by Gasteiger charge is -2.18. The number of nitrogens with zero attached hydrogens (tertiary/aromatic N) is 1. The van der Waals surface area contributed by atoms with E-state index in [4.69, 9.17) is 4.74 Å². The summed E-state index contributed by atoms with van der Waals surface area (Å²) < 4.78 is 4.77. The van der Waals surface area contributed by atoms with Gasteiger partial charge in [-0.2, -0.15) is 0 Å². The van der Waals surface area contributed by atoms with Crippen molar-refractivity contribution in [2.45, 2.75) is 26.2 Å². The third-order valence-corrected chi connectivity index (χ3v) is 3.56. The number of esters is 1. The first-order valence-electron chi connectivity index (χ1n) is 6.67. The Morgan fingerprint density at radius 1 is 1.28 bits per heavy atom. The lowest BCUT2D eigenvalue weighted by atomic mass is 10.0. The van der Waals surface area contributed by atoms with Gasteiger partial charge in [0, 0.05) is 13.1 Å². The molecule has 1 aromatic rings. The number of carbonyl (C=O) groups is 1. The Bertz CT molecular complexity index is 429. The van der Waals surface area contributed by atoms with E-state index in [-0.39, 0.29) is 5.97 Å². The maximum Gasteiger partial charge on any atom is 0.337 e. The largest absolute Gasteiger partial charge is 0.465 e. The summed E-state index contributed by atoms with van der Waals surface area (Å²) in [4.78, 5) is 14.0. The number of rotatable bonds is 3. The van der Waals surface area contributed by atoms with E-state index in [2.05, 4.69) is 17.9 Å². The maximum atomic E-state index is 11.5. The molecule has 0 N–H and O–H groups in total. The number of methoxy groups -OCH3 is 1. The molecule has 0 saturated carbocycles. The molecular weight excluding hydrogens is 226 g/mol. The molecule has 0 saturated heterocycles. The smallest absolute Gasteiger partial charge is 0.337 e. The van der Waals surface area contributed by atoms with Crippen molar-refractivity contribution in [1.82, 2.24) is 4.90 Å². The lowest BCUT2D eigenvalue weighted by Crippen LogP contribution is -2.27. The van der Waals surface area contributed by atoms with Gasteiger partial charge in [-0.3, -0.25) is 0 Å². The molecule has 1 aliphatic rings. The molecule has 0 atom stereocenters. The quantitative estimate of drug-likeness (QED) is 0.767. The minimum atomic E-state index is -0.243. The van der Waals surface area contributed by atoms with E-state index in [1.54, 1.807) is 0 Å². The fraction of sp³-hybridized carbons (Fsp3) is 0.533. The number of hydrogen-bond acceptors (Lipinski definition) is 3. The Kier molecular flexibility index (Phi) is 4.37. The van der Waals surface area contributed by atoms with Gasteiger partial charge in [0.2, 0.25) is 0 Å². The molecule has 0 unspecified atom stereocenters. The molecule has 2 rings (SSSR count). The highest BCUT2D eigenvalue weighted by molar-refractivity contribution is 5.89. The van der Waals surface area contributed by atoms with Crippen molar-refractivity contribution in [3.8, 4) is 0 Å². The van der Waals surface area contributed by atoms with Gasteiger partial charge in [0.25, 0.3) is 0 Å². The molecule has 1 aliphatic heterocycles. The van der Waals surface area contributed by atoms with Crippen LogP contribution < -0.4 is 0 Å². The second kappa shape index (κ2) is 6.01. The highest BCUT2D eigenvalue weighted by Crippen LogP contribution is 2.18. The molecule has 98 valence electrons. The van der Waals surface area contributed by atoms with Crippen LogP contribution in [0.5, 0.6) is 0 Å². The van der Waals surface area contributed by atoms with Crippen molar-refractivity contribution in [3.63, 3.8) is 0 Å². The van der Waals surface area contributed by atoms with Crippen LogP contribution in [0.3, 0.4) is 0 Å². The van der Waals surface area contributed by atoms with Gasteiger partial charge >= 0.3 is 5.97 Å². The molecule has 3 heteroatoms. The van der Waals surface area contributed by atoms with Gasteiger partial charge in [0.1, 0.15) is 0 Å². The summed E-state index contributed by atoms with van der Waals surface area (Å²) in [5, 5.41) is 0. The molecule has 0 fully saturated rings. The summed E-state index contributed by atoms with van der Waals surface area (Å²) in [5.74, 6) is -0.243. The minimum Gasteiger partial charge on any atom is -0.465 e. The van der Waals surface area contributed by atoms with Crippen molar-refractivity contribution < 1.29 is 9.53 Å². The van der Waals surface area contributed by atoms with Crippen LogP contribution in [-0.2, 0) is 17.6 Å². The Morgan fingerprint density at radius 3 is 2.67 bits per heavy atom. The highest BCUT2D eigenvalue weighted by atomic mass is 16.5. The standard InChI is InChI=1S/C15H21NO2/c1-3-8-16-9-6-12-4-5-14(15(17)18-2)11-13(12)7-10-16/h4-5,11H,3,6-10H2,1-2H3. The van der Waals surface area contributed by atoms with Gasteiger partial charge in [-0.05, 0) is 49.1 Å². The monoisotopic (exact) mass is 247 g/mol. The molecule has 3 nitrogen and oxygen atoms in total. The normalized spacial score (nSPS) is 15.9. The van der Waals surface area contributed by atoms with E-state index in [0.717, 1.165) is 32.5 Å². The van der Waals surface area contributed by atoms with Crippen molar-refractivity contribution in [1.29, 1.82) is 0 Å². The van der Waals surface area contributed by atoms with Crippen molar-refractivity contribution in [2.75, 3.05) is 26.7 Å². The molecule has 18 heavy (non-hydrogen) atoms. The third-order valence-electron chi connectivity index (χ3n) is 3.56. The molecule has 0 bridgehead atoms. The fourth-order valence-corrected chi connectivity index (χ4v) is 2.56.